The number of fused-ring (bicyclic) bond motifs is 1. The number of aryl methyl sites for hydroxylation is 1. The lowest BCUT2D eigenvalue weighted by molar-refractivity contribution is 0.357. The SMILES string of the molecule is Cn1cc(-c2cnc(Nc3ccc(F)cc3)c3c2CCO3)cn1. The number of anilines is 2. The largest absolute Gasteiger partial charge is 0.489 e. The molecule has 5 nitrogen and oxygen atoms in total. The third kappa shape index (κ3) is 2.52. The smallest absolute Gasteiger partial charge is 0.173 e. The van der Waals surface area contributed by atoms with Crippen molar-refractivity contribution in [2.45, 2.75) is 6.42 Å². The van der Waals surface area contributed by atoms with E-state index in [0.717, 1.165) is 34.5 Å². The van der Waals surface area contributed by atoms with Crippen LogP contribution in [0.2, 0.25) is 0 Å². The number of ether oxygens (including phenoxy) is 1. The molecule has 0 unspecified atom stereocenters. The van der Waals surface area contributed by atoms with Gasteiger partial charge < -0.3 is 10.1 Å². The first-order valence-corrected chi connectivity index (χ1v) is 7.37. The van der Waals surface area contributed by atoms with Crippen LogP contribution in [-0.2, 0) is 13.5 Å². The Labute approximate surface area is 132 Å². The van der Waals surface area contributed by atoms with Crippen molar-refractivity contribution in [3.63, 3.8) is 0 Å². The number of rotatable bonds is 3. The van der Waals surface area contributed by atoms with E-state index in [0.29, 0.717) is 12.4 Å². The Balaban J connectivity index is 1.72. The lowest BCUT2D eigenvalue weighted by Crippen LogP contribution is -1.98. The molecule has 1 aliphatic rings. The molecule has 23 heavy (non-hydrogen) atoms. The normalized spacial score (nSPS) is 12.8. The van der Waals surface area contributed by atoms with Crippen LogP contribution in [0.15, 0.2) is 42.9 Å². The molecule has 2 aromatic heterocycles. The van der Waals surface area contributed by atoms with Gasteiger partial charge in [0.1, 0.15) is 5.82 Å². The maximum atomic E-state index is 13.0. The van der Waals surface area contributed by atoms with E-state index in [1.165, 1.54) is 12.1 Å². The summed E-state index contributed by atoms with van der Waals surface area (Å²) in [4.78, 5) is 4.49. The Bertz CT molecular complexity index is 858. The van der Waals surface area contributed by atoms with Gasteiger partial charge in [0.25, 0.3) is 0 Å². The van der Waals surface area contributed by atoms with Crippen molar-refractivity contribution in [3.05, 3.63) is 54.2 Å². The Hall–Kier alpha value is -2.89. The Morgan fingerprint density at radius 2 is 2.04 bits per heavy atom. The molecular formula is C17H15FN4O. The number of pyridine rings is 1. The molecule has 0 atom stereocenters. The molecule has 6 heteroatoms. The standard InChI is InChI=1S/C17H15FN4O/c1-22-10-11(8-20-22)15-9-19-17(16-14(15)6-7-23-16)21-13-4-2-12(18)3-5-13/h2-5,8-10H,6-7H2,1H3,(H,19,21). The Kier molecular flexibility index (Phi) is 3.22. The fourth-order valence-corrected chi connectivity index (χ4v) is 2.76. The van der Waals surface area contributed by atoms with Crippen molar-refractivity contribution in [2.24, 2.45) is 7.05 Å². The third-order valence-corrected chi connectivity index (χ3v) is 3.86. The van der Waals surface area contributed by atoms with Crippen LogP contribution in [0.25, 0.3) is 11.1 Å². The van der Waals surface area contributed by atoms with Crippen LogP contribution in [0.1, 0.15) is 5.56 Å². The van der Waals surface area contributed by atoms with Gasteiger partial charge in [0, 0.05) is 48.2 Å². The van der Waals surface area contributed by atoms with Gasteiger partial charge >= 0.3 is 0 Å². The maximum Gasteiger partial charge on any atom is 0.173 e. The summed E-state index contributed by atoms with van der Waals surface area (Å²) in [5.41, 5.74) is 3.95. The molecule has 1 aromatic carbocycles. The highest BCUT2D eigenvalue weighted by molar-refractivity contribution is 5.75. The second-order valence-corrected chi connectivity index (χ2v) is 5.46. The van der Waals surface area contributed by atoms with E-state index in [1.54, 1.807) is 16.8 Å². The Morgan fingerprint density at radius 3 is 2.78 bits per heavy atom. The molecule has 3 aromatic rings. The predicted molar refractivity (Wildman–Crippen MR) is 85.3 cm³/mol. The first-order chi connectivity index (χ1) is 11.2. The number of nitrogens with one attached hydrogen (secondary N) is 1. The quantitative estimate of drug-likeness (QED) is 0.806. The van der Waals surface area contributed by atoms with Crippen LogP contribution < -0.4 is 10.1 Å². The van der Waals surface area contributed by atoms with Gasteiger partial charge in [0.2, 0.25) is 0 Å². The summed E-state index contributed by atoms with van der Waals surface area (Å²) in [5, 5.41) is 7.41. The van der Waals surface area contributed by atoms with E-state index in [1.807, 2.05) is 25.6 Å². The molecule has 0 saturated carbocycles. The summed E-state index contributed by atoms with van der Waals surface area (Å²) in [6.07, 6.45) is 6.45. The van der Waals surface area contributed by atoms with Crippen molar-refractivity contribution in [1.29, 1.82) is 0 Å². The zero-order valence-electron chi connectivity index (χ0n) is 12.6. The van der Waals surface area contributed by atoms with E-state index in [2.05, 4.69) is 15.4 Å². The summed E-state index contributed by atoms with van der Waals surface area (Å²) in [6.45, 7) is 0.631. The molecule has 4 rings (SSSR count). The highest BCUT2D eigenvalue weighted by Crippen LogP contribution is 2.39. The molecule has 0 aliphatic carbocycles. The lowest BCUT2D eigenvalue weighted by Gasteiger charge is -2.12. The highest BCUT2D eigenvalue weighted by atomic mass is 19.1. The Morgan fingerprint density at radius 1 is 1.22 bits per heavy atom. The van der Waals surface area contributed by atoms with Crippen molar-refractivity contribution in [3.8, 4) is 16.9 Å². The van der Waals surface area contributed by atoms with Crippen LogP contribution in [-0.4, -0.2) is 21.4 Å². The van der Waals surface area contributed by atoms with Gasteiger partial charge in [0.15, 0.2) is 11.6 Å². The number of hydrogen-bond donors (Lipinski definition) is 1. The van der Waals surface area contributed by atoms with Gasteiger partial charge in [-0.25, -0.2) is 9.37 Å². The van der Waals surface area contributed by atoms with E-state index in [-0.39, 0.29) is 5.82 Å². The molecule has 116 valence electrons. The summed E-state index contributed by atoms with van der Waals surface area (Å²) >= 11 is 0. The second-order valence-electron chi connectivity index (χ2n) is 5.46. The van der Waals surface area contributed by atoms with Crippen LogP contribution in [0.5, 0.6) is 5.75 Å². The molecule has 0 spiro atoms. The van der Waals surface area contributed by atoms with Crippen LogP contribution in [0, 0.1) is 5.82 Å². The van der Waals surface area contributed by atoms with Crippen molar-refractivity contribution in [2.75, 3.05) is 11.9 Å². The minimum Gasteiger partial charge on any atom is -0.489 e. The predicted octanol–water partition coefficient (Wildman–Crippen LogP) is 3.30. The van der Waals surface area contributed by atoms with Gasteiger partial charge in [-0.3, -0.25) is 4.68 Å². The minimum atomic E-state index is -0.267. The van der Waals surface area contributed by atoms with Crippen LogP contribution in [0.3, 0.4) is 0 Å². The van der Waals surface area contributed by atoms with Gasteiger partial charge in [0.05, 0.1) is 12.8 Å². The van der Waals surface area contributed by atoms with E-state index in [9.17, 15) is 4.39 Å². The summed E-state index contributed by atoms with van der Waals surface area (Å²) in [6, 6.07) is 6.17. The van der Waals surface area contributed by atoms with E-state index in [4.69, 9.17) is 4.74 Å². The molecule has 3 heterocycles. The zero-order valence-corrected chi connectivity index (χ0v) is 12.6. The van der Waals surface area contributed by atoms with Gasteiger partial charge in [-0.15, -0.1) is 0 Å². The average Bonchev–Trinajstić information content (AvgIpc) is 3.19. The van der Waals surface area contributed by atoms with Crippen molar-refractivity contribution in [1.82, 2.24) is 14.8 Å². The van der Waals surface area contributed by atoms with Crippen LogP contribution in [0.4, 0.5) is 15.9 Å². The molecule has 1 aliphatic heterocycles. The fourth-order valence-electron chi connectivity index (χ4n) is 2.76. The number of hydrogen-bond acceptors (Lipinski definition) is 4. The second kappa shape index (κ2) is 5.39. The molecule has 0 saturated heterocycles. The van der Waals surface area contributed by atoms with Gasteiger partial charge in [-0.1, -0.05) is 0 Å². The average molecular weight is 310 g/mol. The molecule has 0 fully saturated rings. The fraction of sp³-hybridized carbons (Fsp3) is 0.176. The van der Waals surface area contributed by atoms with E-state index >= 15 is 0 Å². The number of benzene rings is 1. The number of halogens is 1. The minimum absolute atomic E-state index is 0.267. The van der Waals surface area contributed by atoms with E-state index < -0.39 is 0 Å². The summed E-state index contributed by atoms with van der Waals surface area (Å²) < 4.78 is 20.5. The molecule has 0 bridgehead atoms. The van der Waals surface area contributed by atoms with Crippen molar-refractivity contribution >= 4 is 11.5 Å². The van der Waals surface area contributed by atoms with Gasteiger partial charge in [-0.05, 0) is 24.3 Å². The third-order valence-electron chi connectivity index (χ3n) is 3.86. The van der Waals surface area contributed by atoms with Gasteiger partial charge in [-0.2, -0.15) is 5.10 Å². The molecule has 1 N–H and O–H groups in total. The first-order valence-electron chi connectivity index (χ1n) is 7.37. The highest BCUT2D eigenvalue weighted by Gasteiger charge is 2.23. The number of aromatic nitrogens is 3. The maximum absolute atomic E-state index is 13.0. The van der Waals surface area contributed by atoms with Crippen molar-refractivity contribution < 1.29 is 9.13 Å². The zero-order chi connectivity index (χ0) is 15.8. The van der Waals surface area contributed by atoms with Crippen LogP contribution >= 0.6 is 0 Å². The number of nitrogens with zero attached hydrogens (tertiary/aromatic N) is 3. The topological polar surface area (TPSA) is 52.0 Å². The summed E-state index contributed by atoms with van der Waals surface area (Å²) in [7, 11) is 1.89. The summed E-state index contributed by atoms with van der Waals surface area (Å²) in [5.74, 6) is 1.14. The molecular weight excluding hydrogens is 295 g/mol. The first kappa shape index (κ1) is 13.8. The lowest BCUT2D eigenvalue weighted by atomic mass is 10.0. The monoisotopic (exact) mass is 310 g/mol. The molecule has 0 amide bonds. The molecule has 0 radical (unpaired) electrons.